The van der Waals surface area contributed by atoms with Crippen LogP contribution in [0.15, 0.2) is 35.4 Å². The molecule has 0 spiro atoms. The molecule has 132 valence electrons. The fourth-order valence-corrected chi connectivity index (χ4v) is 3.03. The second-order valence-corrected chi connectivity index (χ2v) is 6.24. The van der Waals surface area contributed by atoms with E-state index in [1.165, 1.54) is 10.9 Å². The van der Waals surface area contributed by atoms with Gasteiger partial charge in [-0.25, -0.2) is 4.98 Å². The molecule has 2 amide bonds. The van der Waals surface area contributed by atoms with Gasteiger partial charge in [-0.15, -0.1) is 0 Å². The summed E-state index contributed by atoms with van der Waals surface area (Å²) in [6, 6.07) is 7.06. The van der Waals surface area contributed by atoms with E-state index in [0.717, 1.165) is 19.4 Å². The first-order valence-corrected chi connectivity index (χ1v) is 8.64. The third kappa shape index (κ3) is 4.23. The number of benzene rings is 1. The molecule has 1 N–H and O–H groups in total. The number of hydrogen-bond donors (Lipinski definition) is 1. The maximum atomic E-state index is 12.3. The lowest BCUT2D eigenvalue weighted by atomic mass is 10.1. The highest BCUT2D eigenvalue weighted by atomic mass is 16.2. The highest BCUT2D eigenvalue weighted by molar-refractivity contribution is 5.79. The highest BCUT2D eigenvalue weighted by Crippen LogP contribution is 2.10. The third-order valence-electron chi connectivity index (χ3n) is 4.39. The molecule has 1 aromatic carbocycles. The lowest BCUT2D eigenvalue weighted by Crippen LogP contribution is -2.38. The van der Waals surface area contributed by atoms with Gasteiger partial charge in [0.25, 0.3) is 5.56 Å². The second-order valence-electron chi connectivity index (χ2n) is 6.24. The molecule has 1 aromatic heterocycles. The van der Waals surface area contributed by atoms with Gasteiger partial charge in [0.05, 0.1) is 17.2 Å². The van der Waals surface area contributed by atoms with Gasteiger partial charge in [-0.1, -0.05) is 12.1 Å². The standard InChI is InChI=1S/C18H22N4O3/c23-16(19-9-5-11-21-10-4-3-8-17(21)24)12-22-13-20-15-7-2-1-6-14(15)18(22)25/h1-2,6-7,13H,3-5,8-12H2,(H,19,23). The minimum Gasteiger partial charge on any atom is -0.354 e. The number of nitrogens with one attached hydrogen (secondary N) is 1. The van der Waals surface area contributed by atoms with Crippen LogP contribution >= 0.6 is 0 Å². The minimum absolute atomic E-state index is 0.0562. The van der Waals surface area contributed by atoms with Crippen LogP contribution in [0.2, 0.25) is 0 Å². The summed E-state index contributed by atoms with van der Waals surface area (Å²) in [5, 5.41) is 3.30. The molecule has 2 aromatic rings. The smallest absolute Gasteiger partial charge is 0.261 e. The molecular formula is C18H22N4O3. The molecule has 0 bridgehead atoms. The number of aromatic nitrogens is 2. The van der Waals surface area contributed by atoms with Gasteiger partial charge in [-0.3, -0.25) is 19.0 Å². The summed E-state index contributed by atoms with van der Waals surface area (Å²) in [7, 11) is 0. The first kappa shape index (κ1) is 17.1. The van der Waals surface area contributed by atoms with Crippen molar-refractivity contribution in [3.63, 3.8) is 0 Å². The van der Waals surface area contributed by atoms with Crippen molar-refractivity contribution in [2.75, 3.05) is 19.6 Å². The zero-order valence-electron chi connectivity index (χ0n) is 14.1. The summed E-state index contributed by atoms with van der Waals surface area (Å²) >= 11 is 0. The molecule has 1 saturated heterocycles. The van der Waals surface area contributed by atoms with Gasteiger partial charge in [-0.05, 0) is 31.4 Å². The molecule has 1 fully saturated rings. The summed E-state index contributed by atoms with van der Waals surface area (Å²) in [5.41, 5.74) is 0.398. The van der Waals surface area contributed by atoms with E-state index in [2.05, 4.69) is 10.3 Å². The van der Waals surface area contributed by atoms with E-state index in [1.54, 1.807) is 18.2 Å². The van der Waals surface area contributed by atoms with Crippen LogP contribution in [0, 0.1) is 0 Å². The number of piperidine rings is 1. The molecule has 3 rings (SSSR count). The van der Waals surface area contributed by atoms with Crippen molar-refractivity contribution < 1.29 is 9.59 Å². The van der Waals surface area contributed by atoms with Crippen LogP contribution in [0.5, 0.6) is 0 Å². The Morgan fingerprint density at radius 3 is 2.88 bits per heavy atom. The van der Waals surface area contributed by atoms with Crippen LogP contribution in [0.1, 0.15) is 25.7 Å². The van der Waals surface area contributed by atoms with E-state index >= 15 is 0 Å². The van der Waals surface area contributed by atoms with Crippen molar-refractivity contribution in [2.24, 2.45) is 0 Å². The van der Waals surface area contributed by atoms with Gasteiger partial charge in [0.1, 0.15) is 6.54 Å². The molecular weight excluding hydrogens is 320 g/mol. The molecule has 2 heterocycles. The maximum absolute atomic E-state index is 12.3. The number of para-hydroxylation sites is 1. The number of nitrogens with zero attached hydrogens (tertiary/aromatic N) is 3. The van der Waals surface area contributed by atoms with Crippen LogP contribution in [-0.4, -0.2) is 45.9 Å². The Kier molecular flexibility index (Phi) is 5.42. The molecule has 7 heteroatoms. The SMILES string of the molecule is O=C(Cn1cnc2ccccc2c1=O)NCCCN1CCCCC1=O. The summed E-state index contributed by atoms with van der Waals surface area (Å²) in [5.74, 6) is -0.0319. The quantitative estimate of drug-likeness (QED) is 0.791. The monoisotopic (exact) mass is 342 g/mol. The Balaban J connectivity index is 1.49. The largest absolute Gasteiger partial charge is 0.354 e. The average Bonchev–Trinajstić information content (AvgIpc) is 2.63. The number of carbonyl (C=O) groups is 2. The van der Waals surface area contributed by atoms with Crippen molar-refractivity contribution in [1.29, 1.82) is 0 Å². The summed E-state index contributed by atoms with van der Waals surface area (Å²) < 4.78 is 1.31. The van der Waals surface area contributed by atoms with Gasteiger partial charge < -0.3 is 10.2 Å². The van der Waals surface area contributed by atoms with Crippen LogP contribution < -0.4 is 10.9 Å². The zero-order chi connectivity index (χ0) is 17.6. The number of amides is 2. The van der Waals surface area contributed by atoms with Gasteiger partial charge in [0.2, 0.25) is 11.8 Å². The lowest BCUT2D eigenvalue weighted by Gasteiger charge is -2.26. The fourth-order valence-electron chi connectivity index (χ4n) is 3.03. The van der Waals surface area contributed by atoms with Crippen molar-refractivity contribution in [1.82, 2.24) is 19.8 Å². The van der Waals surface area contributed by atoms with Crippen molar-refractivity contribution >= 4 is 22.7 Å². The van der Waals surface area contributed by atoms with Crippen LogP contribution in [0.3, 0.4) is 0 Å². The Bertz CT molecular complexity index is 830. The van der Waals surface area contributed by atoms with Crippen LogP contribution in [-0.2, 0) is 16.1 Å². The number of rotatable bonds is 6. The first-order valence-electron chi connectivity index (χ1n) is 8.64. The van der Waals surface area contributed by atoms with E-state index in [9.17, 15) is 14.4 Å². The van der Waals surface area contributed by atoms with Gasteiger partial charge in [-0.2, -0.15) is 0 Å². The first-order chi connectivity index (χ1) is 12.1. The summed E-state index contributed by atoms with van der Waals surface area (Å²) in [4.78, 5) is 42.1. The summed E-state index contributed by atoms with van der Waals surface area (Å²) in [6.45, 7) is 1.90. The molecule has 0 aliphatic carbocycles. The van der Waals surface area contributed by atoms with E-state index in [1.807, 2.05) is 11.0 Å². The fraction of sp³-hybridized carbons (Fsp3) is 0.444. The second kappa shape index (κ2) is 7.92. The molecule has 0 saturated carbocycles. The highest BCUT2D eigenvalue weighted by Gasteiger charge is 2.17. The minimum atomic E-state index is -0.232. The molecule has 7 nitrogen and oxygen atoms in total. The van der Waals surface area contributed by atoms with E-state index < -0.39 is 0 Å². The van der Waals surface area contributed by atoms with E-state index in [0.29, 0.717) is 36.8 Å². The predicted octanol–water partition coefficient (Wildman–Crippen LogP) is 0.915. The number of hydrogen-bond acceptors (Lipinski definition) is 4. The number of likely N-dealkylation sites (tertiary alicyclic amines) is 1. The average molecular weight is 342 g/mol. The Hall–Kier alpha value is -2.70. The van der Waals surface area contributed by atoms with E-state index in [4.69, 9.17) is 0 Å². The Labute approximate surface area is 145 Å². The zero-order valence-corrected chi connectivity index (χ0v) is 14.1. The van der Waals surface area contributed by atoms with Gasteiger partial charge >= 0.3 is 0 Å². The van der Waals surface area contributed by atoms with Gasteiger partial charge in [0, 0.05) is 26.1 Å². The normalized spacial score (nSPS) is 14.7. The molecule has 1 aliphatic heterocycles. The Morgan fingerprint density at radius 1 is 1.20 bits per heavy atom. The van der Waals surface area contributed by atoms with Crippen molar-refractivity contribution in [2.45, 2.75) is 32.2 Å². The number of carbonyl (C=O) groups excluding carboxylic acids is 2. The van der Waals surface area contributed by atoms with E-state index in [-0.39, 0.29) is 23.9 Å². The van der Waals surface area contributed by atoms with Gasteiger partial charge in [0.15, 0.2) is 0 Å². The molecule has 0 unspecified atom stereocenters. The molecule has 1 aliphatic rings. The number of fused-ring (bicyclic) bond motifs is 1. The third-order valence-corrected chi connectivity index (χ3v) is 4.39. The predicted molar refractivity (Wildman–Crippen MR) is 94.1 cm³/mol. The van der Waals surface area contributed by atoms with Crippen molar-refractivity contribution in [3.05, 3.63) is 40.9 Å². The maximum Gasteiger partial charge on any atom is 0.261 e. The van der Waals surface area contributed by atoms with Crippen molar-refractivity contribution in [3.8, 4) is 0 Å². The van der Waals surface area contributed by atoms with Crippen LogP contribution in [0.4, 0.5) is 0 Å². The molecule has 0 radical (unpaired) electrons. The molecule has 0 atom stereocenters. The van der Waals surface area contributed by atoms with Crippen LogP contribution in [0.25, 0.3) is 10.9 Å². The topological polar surface area (TPSA) is 84.3 Å². The Morgan fingerprint density at radius 2 is 2.04 bits per heavy atom. The lowest BCUT2D eigenvalue weighted by molar-refractivity contribution is -0.133. The molecule has 25 heavy (non-hydrogen) atoms. The summed E-state index contributed by atoms with van der Waals surface area (Å²) in [6.07, 6.45) is 4.76.